The molecule has 0 radical (unpaired) electrons. The molecule has 2 heterocycles. The number of hydrogen-bond donors (Lipinski definition) is 1. The summed E-state index contributed by atoms with van der Waals surface area (Å²) in [6.07, 6.45) is 0.0931. The van der Waals surface area contributed by atoms with Crippen LogP contribution in [0.3, 0.4) is 0 Å². The van der Waals surface area contributed by atoms with E-state index in [1.807, 2.05) is 13.8 Å². The highest BCUT2D eigenvalue weighted by molar-refractivity contribution is 5.23. The summed E-state index contributed by atoms with van der Waals surface area (Å²) in [5.41, 5.74) is 1.04. The number of ether oxygens (including phenoxy) is 2. The summed E-state index contributed by atoms with van der Waals surface area (Å²) < 4.78 is 24.6. The fraction of sp³-hybridized carbons (Fsp3) is 0.538. The van der Waals surface area contributed by atoms with E-state index in [-0.39, 0.29) is 24.1 Å². The molecule has 0 spiro atoms. The Morgan fingerprint density at radius 3 is 2.65 bits per heavy atom. The van der Waals surface area contributed by atoms with Crippen molar-refractivity contribution in [3.05, 3.63) is 35.6 Å². The summed E-state index contributed by atoms with van der Waals surface area (Å²) in [6.45, 7) is 4.62. The second kappa shape index (κ2) is 3.77. The molecule has 2 fully saturated rings. The van der Waals surface area contributed by atoms with Crippen molar-refractivity contribution in [2.24, 2.45) is 0 Å². The van der Waals surface area contributed by atoms with Crippen molar-refractivity contribution in [2.75, 3.05) is 6.54 Å². The Labute approximate surface area is 99.9 Å². The molecule has 0 amide bonds. The number of fused-ring (bicyclic) bond motifs is 1. The minimum Gasteiger partial charge on any atom is -0.343 e. The first-order valence-electron chi connectivity index (χ1n) is 5.90. The number of nitrogens with one attached hydrogen (secondary N) is 1. The van der Waals surface area contributed by atoms with Gasteiger partial charge in [0.15, 0.2) is 5.79 Å². The average Bonchev–Trinajstić information content (AvgIpc) is 2.74. The van der Waals surface area contributed by atoms with Crippen LogP contribution in [0.4, 0.5) is 4.39 Å². The molecule has 0 bridgehead atoms. The average molecular weight is 237 g/mol. The van der Waals surface area contributed by atoms with E-state index in [1.54, 1.807) is 12.1 Å². The van der Waals surface area contributed by atoms with Crippen molar-refractivity contribution in [3.63, 3.8) is 0 Å². The molecule has 0 saturated carbocycles. The van der Waals surface area contributed by atoms with Gasteiger partial charge in [-0.15, -0.1) is 0 Å². The molecule has 1 N–H and O–H groups in total. The summed E-state index contributed by atoms with van der Waals surface area (Å²) in [4.78, 5) is 0. The molecule has 1 aromatic rings. The lowest BCUT2D eigenvalue weighted by Gasteiger charge is -2.22. The Morgan fingerprint density at radius 2 is 1.94 bits per heavy atom. The lowest BCUT2D eigenvalue weighted by Crippen LogP contribution is -2.29. The second-order valence-corrected chi connectivity index (χ2v) is 5.08. The summed E-state index contributed by atoms with van der Waals surface area (Å²) in [5.74, 6) is -0.734. The highest BCUT2D eigenvalue weighted by Crippen LogP contribution is 2.38. The molecule has 3 nitrogen and oxygen atoms in total. The van der Waals surface area contributed by atoms with Crippen molar-refractivity contribution in [1.82, 2.24) is 5.32 Å². The predicted molar refractivity (Wildman–Crippen MR) is 61.0 cm³/mol. The number of halogens is 1. The van der Waals surface area contributed by atoms with Gasteiger partial charge in [-0.2, -0.15) is 0 Å². The summed E-state index contributed by atoms with van der Waals surface area (Å²) >= 11 is 0. The van der Waals surface area contributed by atoms with Gasteiger partial charge in [0.25, 0.3) is 0 Å². The molecule has 0 aliphatic carbocycles. The first kappa shape index (κ1) is 11.1. The molecule has 2 aliphatic rings. The highest BCUT2D eigenvalue weighted by Gasteiger charge is 2.49. The molecule has 2 aliphatic heterocycles. The highest BCUT2D eigenvalue weighted by atomic mass is 19.1. The van der Waals surface area contributed by atoms with Gasteiger partial charge in [0.1, 0.15) is 18.0 Å². The summed E-state index contributed by atoms with van der Waals surface area (Å²) in [7, 11) is 0. The van der Waals surface area contributed by atoms with Crippen LogP contribution in [-0.4, -0.2) is 24.5 Å². The molecule has 1 unspecified atom stereocenters. The van der Waals surface area contributed by atoms with Crippen LogP contribution >= 0.6 is 0 Å². The van der Waals surface area contributed by atoms with Gasteiger partial charge in [-0.1, -0.05) is 12.1 Å². The van der Waals surface area contributed by atoms with Crippen molar-refractivity contribution < 1.29 is 13.9 Å². The Kier molecular flexibility index (Phi) is 2.47. The first-order chi connectivity index (χ1) is 8.05. The smallest absolute Gasteiger partial charge is 0.163 e. The molecule has 92 valence electrons. The topological polar surface area (TPSA) is 30.5 Å². The van der Waals surface area contributed by atoms with E-state index in [9.17, 15) is 4.39 Å². The third kappa shape index (κ3) is 1.97. The van der Waals surface area contributed by atoms with Gasteiger partial charge in [-0.3, -0.25) is 0 Å². The van der Waals surface area contributed by atoms with Gasteiger partial charge in [0.05, 0.1) is 6.04 Å². The Balaban J connectivity index is 1.83. The summed E-state index contributed by atoms with van der Waals surface area (Å²) in [5, 5.41) is 3.36. The van der Waals surface area contributed by atoms with Crippen LogP contribution in [0.2, 0.25) is 0 Å². The maximum atomic E-state index is 12.9. The molecule has 3 atom stereocenters. The molecule has 0 aromatic heterocycles. The van der Waals surface area contributed by atoms with E-state index in [4.69, 9.17) is 9.47 Å². The SMILES string of the molecule is CC1(C)O[C@@H]2CNC(c3ccc(F)cc3)[C@@H]2O1. The van der Waals surface area contributed by atoms with Gasteiger partial charge in [-0.05, 0) is 31.5 Å². The number of hydrogen-bond acceptors (Lipinski definition) is 3. The third-order valence-electron chi connectivity index (χ3n) is 3.32. The Bertz CT molecular complexity index is 418. The Morgan fingerprint density at radius 1 is 1.24 bits per heavy atom. The van der Waals surface area contributed by atoms with E-state index in [0.717, 1.165) is 12.1 Å². The monoisotopic (exact) mass is 237 g/mol. The first-order valence-corrected chi connectivity index (χ1v) is 5.90. The zero-order valence-corrected chi connectivity index (χ0v) is 9.94. The fourth-order valence-electron chi connectivity index (χ4n) is 2.64. The number of rotatable bonds is 1. The number of benzene rings is 1. The fourth-order valence-corrected chi connectivity index (χ4v) is 2.64. The van der Waals surface area contributed by atoms with Crippen LogP contribution in [0.5, 0.6) is 0 Å². The standard InChI is InChI=1S/C13H16FNO2/c1-13(2)16-10-7-15-11(12(10)17-13)8-3-5-9(14)6-4-8/h3-6,10-12,15H,7H2,1-2H3/t10-,11?,12-/m1/s1. The second-order valence-electron chi connectivity index (χ2n) is 5.08. The maximum absolute atomic E-state index is 12.9. The quantitative estimate of drug-likeness (QED) is 0.810. The third-order valence-corrected chi connectivity index (χ3v) is 3.32. The van der Waals surface area contributed by atoms with Crippen molar-refractivity contribution >= 4 is 0 Å². The van der Waals surface area contributed by atoms with E-state index >= 15 is 0 Å². The lowest BCUT2D eigenvalue weighted by atomic mass is 10.0. The maximum Gasteiger partial charge on any atom is 0.163 e. The van der Waals surface area contributed by atoms with E-state index in [2.05, 4.69) is 5.32 Å². The van der Waals surface area contributed by atoms with Gasteiger partial charge in [0.2, 0.25) is 0 Å². The molecule has 17 heavy (non-hydrogen) atoms. The van der Waals surface area contributed by atoms with E-state index in [0.29, 0.717) is 0 Å². The van der Waals surface area contributed by atoms with Gasteiger partial charge in [-0.25, -0.2) is 4.39 Å². The normalized spacial score (nSPS) is 34.9. The Hall–Kier alpha value is -0.970. The van der Waals surface area contributed by atoms with Gasteiger partial charge >= 0.3 is 0 Å². The largest absolute Gasteiger partial charge is 0.343 e. The minimum atomic E-state index is -0.518. The molecular formula is C13H16FNO2. The van der Waals surface area contributed by atoms with Crippen LogP contribution < -0.4 is 5.32 Å². The predicted octanol–water partition coefficient (Wildman–Crippen LogP) is 1.99. The molecule has 4 heteroatoms. The van der Waals surface area contributed by atoms with Crippen LogP contribution in [0.15, 0.2) is 24.3 Å². The molecule has 1 aromatic carbocycles. The van der Waals surface area contributed by atoms with Crippen molar-refractivity contribution in [1.29, 1.82) is 0 Å². The van der Waals surface area contributed by atoms with Crippen molar-refractivity contribution in [3.8, 4) is 0 Å². The lowest BCUT2D eigenvalue weighted by molar-refractivity contribution is -0.153. The van der Waals surface area contributed by atoms with Crippen LogP contribution in [0.1, 0.15) is 25.5 Å². The van der Waals surface area contributed by atoms with E-state index < -0.39 is 5.79 Å². The molecule has 3 rings (SSSR count). The van der Waals surface area contributed by atoms with Crippen LogP contribution in [0.25, 0.3) is 0 Å². The van der Waals surface area contributed by atoms with Crippen molar-refractivity contribution in [2.45, 2.75) is 37.9 Å². The molecular weight excluding hydrogens is 221 g/mol. The molecule has 2 saturated heterocycles. The minimum absolute atomic E-state index is 0.00969. The summed E-state index contributed by atoms with van der Waals surface area (Å²) in [6, 6.07) is 6.63. The zero-order chi connectivity index (χ0) is 12.0. The van der Waals surface area contributed by atoms with Gasteiger partial charge in [0, 0.05) is 6.54 Å². The van der Waals surface area contributed by atoms with E-state index in [1.165, 1.54) is 12.1 Å². The zero-order valence-electron chi connectivity index (χ0n) is 9.94. The van der Waals surface area contributed by atoms with Gasteiger partial charge < -0.3 is 14.8 Å². The van der Waals surface area contributed by atoms with Crippen LogP contribution in [-0.2, 0) is 9.47 Å². The van der Waals surface area contributed by atoms with Crippen LogP contribution in [0, 0.1) is 5.82 Å².